The zero-order valence-electron chi connectivity index (χ0n) is 10.2. The van der Waals surface area contributed by atoms with Gasteiger partial charge in [-0.2, -0.15) is 0 Å². The van der Waals surface area contributed by atoms with Gasteiger partial charge in [0.05, 0.1) is 0 Å². The summed E-state index contributed by atoms with van der Waals surface area (Å²) in [6.07, 6.45) is 0. The quantitative estimate of drug-likeness (QED) is 0.911. The molecule has 0 aliphatic heterocycles. The van der Waals surface area contributed by atoms with Gasteiger partial charge in [0.1, 0.15) is 10.0 Å². The normalized spacial score (nSPS) is 11.5. The fourth-order valence-corrected chi connectivity index (χ4v) is 3.79. The number of hydrogen-bond acceptors (Lipinski definition) is 4. The van der Waals surface area contributed by atoms with Crippen LogP contribution in [0.5, 0.6) is 0 Å². The van der Waals surface area contributed by atoms with Gasteiger partial charge in [0.25, 0.3) is 10.0 Å². The molecule has 0 aliphatic rings. The number of nitrogens with two attached hydrogens (primary N) is 1. The van der Waals surface area contributed by atoms with E-state index >= 15 is 0 Å². The van der Waals surface area contributed by atoms with Gasteiger partial charge in [0.2, 0.25) is 0 Å². The lowest BCUT2D eigenvalue weighted by molar-refractivity contribution is 0.602. The first kappa shape index (κ1) is 14.0. The molecule has 0 spiro atoms. The molecule has 0 atom stereocenters. The molecule has 0 saturated heterocycles. The molecule has 0 amide bonds. The zero-order valence-corrected chi connectivity index (χ0v) is 11.8. The summed E-state index contributed by atoms with van der Waals surface area (Å²) < 4.78 is 39.9. The highest BCUT2D eigenvalue weighted by atomic mass is 32.2. The van der Waals surface area contributed by atoms with E-state index in [9.17, 15) is 12.8 Å². The molecule has 2 aromatic rings. The summed E-state index contributed by atoms with van der Waals surface area (Å²) in [5.74, 6) is -0.371. The van der Waals surface area contributed by atoms with E-state index in [1.54, 1.807) is 12.3 Å². The lowest BCUT2D eigenvalue weighted by Crippen LogP contribution is -2.11. The fraction of sp³-hybridized carbons (Fsp3) is 0.167. The van der Waals surface area contributed by atoms with E-state index in [0.717, 1.165) is 16.9 Å². The summed E-state index contributed by atoms with van der Waals surface area (Å²) in [4.78, 5) is 0. The minimum absolute atomic E-state index is 0.190. The molecule has 102 valence electrons. The summed E-state index contributed by atoms with van der Waals surface area (Å²) in [6.45, 7) is 1.87. The van der Waals surface area contributed by atoms with E-state index in [0.29, 0.717) is 17.8 Å². The van der Waals surface area contributed by atoms with Crippen LogP contribution in [0.25, 0.3) is 0 Å². The van der Waals surface area contributed by atoms with Crippen molar-refractivity contribution < 1.29 is 12.8 Å². The van der Waals surface area contributed by atoms with E-state index in [2.05, 4.69) is 4.72 Å². The number of sulfonamides is 1. The summed E-state index contributed by atoms with van der Waals surface area (Å²) in [6, 6.07) is 5.60. The Morgan fingerprint density at radius 2 is 2.11 bits per heavy atom. The Balaban J connectivity index is 2.28. The minimum Gasteiger partial charge on any atom is -0.326 e. The molecule has 0 fully saturated rings. The Morgan fingerprint density at radius 3 is 2.68 bits per heavy atom. The molecule has 2 rings (SSSR count). The van der Waals surface area contributed by atoms with Crippen LogP contribution in [-0.2, 0) is 16.6 Å². The van der Waals surface area contributed by atoms with Crippen LogP contribution >= 0.6 is 11.3 Å². The number of halogens is 1. The number of nitrogens with one attached hydrogen (secondary N) is 1. The van der Waals surface area contributed by atoms with Crippen molar-refractivity contribution in [1.82, 2.24) is 0 Å². The van der Waals surface area contributed by atoms with Crippen LogP contribution in [0.2, 0.25) is 0 Å². The van der Waals surface area contributed by atoms with E-state index in [1.807, 2.05) is 0 Å². The monoisotopic (exact) mass is 300 g/mol. The first-order chi connectivity index (χ1) is 8.92. The van der Waals surface area contributed by atoms with Crippen molar-refractivity contribution >= 4 is 27.0 Å². The number of aryl methyl sites for hydroxylation is 1. The molecule has 3 N–H and O–H groups in total. The molecular formula is C12H13FN2O2S2. The van der Waals surface area contributed by atoms with Crippen LogP contribution in [0.15, 0.2) is 33.9 Å². The molecule has 4 nitrogen and oxygen atoms in total. The molecular weight excluding hydrogens is 287 g/mol. The smallest absolute Gasteiger partial charge is 0.271 e. The molecule has 7 heteroatoms. The third-order valence-corrected chi connectivity index (χ3v) is 5.41. The predicted octanol–water partition coefficient (Wildman–Crippen LogP) is 2.46. The Morgan fingerprint density at radius 1 is 1.37 bits per heavy atom. The second kappa shape index (κ2) is 5.28. The largest absolute Gasteiger partial charge is 0.326 e. The first-order valence-corrected chi connectivity index (χ1v) is 7.85. The third-order valence-electron chi connectivity index (χ3n) is 2.54. The zero-order chi connectivity index (χ0) is 14.0. The van der Waals surface area contributed by atoms with Gasteiger partial charge in [-0.05, 0) is 47.7 Å². The molecule has 1 aromatic carbocycles. The molecule has 0 bridgehead atoms. The molecule has 1 heterocycles. The average molecular weight is 300 g/mol. The topological polar surface area (TPSA) is 72.2 Å². The molecule has 0 unspecified atom stereocenters. The number of benzene rings is 1. The van der Waals surface area contributed by atoms with E-state index in [-0.39, 0.29) is 10.0 Å². The average Bonchev–Trinajstić information content (AvgIpc) is 2.83. The molecule has 0 saturated carbocycles. The standard InChI is InChI=1S/C12H13FN2O2S2/c1-8-4-10(2-3-11(8)13)15-19(16,17)12-5-9(6-14)7-18-12/h2-5,7,15H,6,14H2,1H3. The van der Waals surface area contributed by atoms with Crippen LogP contribution in [0.3, 0.4) is 0 Å². The second-order valence-corrected chi connectivity index (χ2v) is 6.87. The van der Waals surface area contributed by atoms with Crippen LogP contribution in [0, 0.1) is 12.7 Å². The van der Waals surface area contributed by atoms with Crippen molar-refractivity contribution in [2.45, 2.75) is 17.7 Å². The van der Waals surface area contributed by atoms with Gasteiger partial charge in [-0.1, -0.05) is 0 Å². The number of anilines is 1. The maximum Gasteiger partial charge on any atom is 0.271 e. The van der Waals surface area contributed by atoms with Crippen molar-refractivity contribution in [1.29, 1.82) is 0 Å². The van der Waals surface area contributed by atoms with Gasteiger partial charge in [0.15, 0.2) is 0 Å². The lowest BCUT2D eigenvalue weighted by Gasteiger charge is -2.07. The first-order valence-electron chi connectivity index (χ1n) is 5.49. The second-order valence-electron chi connectivity index (χ2n) is 4.05. The van der Waals surface area contributed by atoms with E-state index in [1.165, 1.54) is 24.3 Å². The van der Waals surface area contributed by atoms with Crippen molar-refractivity contribution in [3.05, 3.63) is 46.6 Å². The number of hydrogen-bond donors (Lipinski definition) is 2. The molecule has 0 aliphatic carbocycles. The van der Waals surface area contributed by atoms with Crippen molar-refractivity contribution in [3.63, 3.8) is 0 Å². The highest BCUT2D eigenvalue weighted by Crippen LogP contribution is 2.23. The SMILES string of the molecule is Cc1cc(NS(=O)(=O)c2cc(CN)cs2)ccc1F. The van der Waals surface area contributed by atoms with Gasteiger partial charge in [-0.25, -0.2) is 12.8 Å². The van der Waals surface area contributed by atoms with Crippen molar-refractivity contribution in [3.8, 4) is 0 Å². The van der Waals surface area contributed by atoms with Crippen molar-refractivity contribution in [2.24, 2.45) is 5.73 Å². The van der Waals surface area contributed by atoms with Crippen LogP contribution in [0.1, 0.15) is 11.1 Å². The molecule has 0 radical (unpaired) electrons. The molecule has 1 aromatic heterocycles. The van der Waals surface area contributed by atoms with Crippen LogP contribution < -0.4 is 10.5 Å². The Hall–Kier alpha value is -1.44. The maximum atomic E-state index is 13.1. The predicted molar refractivity (Wildman–Crippen MR) is 74.2 cm³/mol. The van der Waals surface area contributed by atoms with Gasteiger partial charge < -0.3 is 5.73 Å². The highest BCUT2D eigenvalue weighted by molar-refractivity contribution is 7.94. The van der Waals surface area contributed by atoms with Gasteiger partial charge in [0, 0.05) is 12.2 Å². The summed E-state index contributed by atoms with van der Waals surface area (Å²) >= 11 is 1.10. The van der Waals surface area contributed by atoms with Gasteiger partial charge in [-0.3, -0.25) is 4.72 Å². The Bertz CT molecular complexity index is 696. The van der Waals surface area contributed by atoms with Gasteiger partial charge >= 0.3 is 0 Å². The van der Waals surface area contributed by atoms with Crippen LogP contribution in [0.4, 0.5) is 10.1 Å². The van der Waals surface area contributed by atoms with E-state index < -0.39 is 10.0 Å². The number of thiophene rings is 1. The highest BCUT2D eigenvalue weighted by Gasteiger charge is 2.17. The van der Waals surface area contributed by atoms with Crippen molar-refractivity contribution in [2.75, 3.05) is 4.72 Å². The minimum atomic E-state index is -3.64. The summed E-state index contributed by atoms with van der Waals surface area (Å²) in [5, 5.41) is 1.70. The van der Waals surface area contributed by atoms with Crippen LogP contribution in [-0.4, -0.2) is 8.42 Å². The molecule has 19 heavy (non-hydrogen) atoms. The fourth-order valence-electron chi connectivity index (χ4n) is 1.51. The maximum absolute atomic E-state index is 13.1. The van der Waals surface area contributed by atoms with Gasteiger partial charge in [-0.15, -0.1) is 11.3 Å². The third kappa shape index (κ3) is 3.12. The summed E-state index contributed by atoms with van der Waals surface area (Å²) in [5.41, 5.74) is 6.93. The number of rotatable bonds is 4. The lowest BCUT2D eigenvalue weighted by atomic mass is 10.2. The van der Waals surface area contributed by atoms with E-state index in [4.69, 9.17) is 5.73 Å². The summed E-state index contributed by atoms with van der Waals surface area (Å²) in [7, 11) is -3.64. The Labute approximate surface area is 115 Å². The Kier molecular flexibility index (Phi) is 3.88.